The van der Waals surface area contributed by atoms with Gasteiger partial charge in [-0.3, -0.25) is 9.69 Å². The zero-order chi connectivity index (χ0) is 23.5. The number of hydrogen-bond acceptors (Lipinski definition) is 5. The highest BCUT2D eigenvalue weighted by atomic mass is 35.5. The summed E-state index contributed by atoms with van der Waals surface area (Å²) in [6.07, 6.45) is 5.79. The molecule has 0 radical (unpaired) electrons. The SMILES string of the molecule is CCc1c[nH]c2ncc(-c3cccc(N4CCN(CCCN5CCNCC5)CC4=O)c3)c(Cl)c12. The van der Waals surface area contributed by atoms with Crippen LogP contribution in [0.2, 0.25) is 5.02 Å². The number of carbonyl (C=O) groups is 1. The van der Waals surface area contributed by atoms with Crippen LogP contribution in [-0.2, 0) is 11.2 Å². The number of halogens is 1. The minimum atomic E-state index is 0.157. The fraction of sp³-hybridized carbons (Fsp3) is 0.462. The Morgan fingerprint density at radius 3 is 2.71 bits per heavy atom. The van der Waals surface area contributed by atoms with E-state index in [0.29, 0.717) is 18.1 Å². The van der Waals surface area contributed by atoms with Crippen LogP contribution < -0.4 is 10.2 Å². The monoisotopic (exact) mass is 480 g/mol. The zero-order valence-corrected chi connectivity index (χ0v) is 20.6. The molecular formula is C26H33ClN6O. The van der Waals surface area contributed by atoms with Gasteiger partial charge in [0.1, 0.15) is 5.65 Å². The van der Waals surface area contributed by atoms with E-state index in [2.05, 4.69) is 38.1 Å². The molecule has 1 aromatic carbocycles. The van der Waals surface area contributed by atoms with Crippen LogP contribution in [-0.4, -0.2) is 84.6 Å². The minimum Gasteiger partial charge on any atom is -0.346 e. The molecule has 2 fully saturated rings. The van der Waals surface area contributed by atoms with Crippen LogP contribution in [0, 0.1) is 0 Å². The number of amides is 1. The molecule has 4 heterocycles. The van der Waals surface area contributed by atoms with Crippen molar-refractivity contribution in [3.05, 3.63) is 47.2 Å². The molecule has 3 aromatic rings. The highest BCUT2D eigenvalue weighted by Gasteiger charge is 2.25. The Hall–Kier alpha value is -2.45. The molecule has 0 bridgehead atoms. The number of carbonyl (C=O) groups excluding carboxylic acids is 1. The molecule has 5 rings (SSSR count). The number of aryl methyl sites for hydroxylation is 1. The number of piperazine rings is 2. The molecule has 0 saturated carbocycles. The summed E-state index contributed by atoms with van der Waals surface area (Å²) in [6, 6.07) is 8.10. The molecule has 0 atom stereocenters. The van der Waals surface area contributed by atoms with E-state index in [9.17, 15) is 4.79 Å². The zero-order valence-electron chi connectivity index (χ0n) is 19.8. The Morgan fingerprint density at radius 2 is 1.91 bits per heavy atom. The van der Waals surface area contributed by atoms with Crippen LogP contribution in [0.3, 0.4) is 0 Å². The third-order valence-electron chi connectivity index (χ3n) is 7.03. The third kappa shape index (κ3) is 4.84. The third-order valence-corrected chi connectivity index (χ3v) is 7.42. The maximum Gasteiger partial charge on any atom is 0.241 e. The summed E-state index contributed by atoms with van der Waals surface area (Å²) in [6.45, 7) is 10.7. The average molecular weight is 481 g/mol. The predicted octanol–water partition coefficient (Wildman–Crippen LogP) is 3.39. The molecule has 8 heteroatoms. The van der Waals surface area contributed by atoms with Crippen LogP contribution in [0.15, 0.2) is 36.7 Å². The molecule has 0 spiro atoms. The second kappa shape index (κ2) is 10.4. The largest absolute Gasteiger partial charge is 0.346 e. The Labute approximate surface area is 206 Å². The first-order valence-electron chi connectivity index (χ1n) is 12.3. The van der Waals surface area contributed by atoms with Crippen LogP contribution in [0.5, 0.6) is 0 Å². The molecule has 34 heavy (non-hydrogen) atoms. The normalized spacial score (nSPS) is 18.2. The van der Waals surface area contributed by atoms with Crippen LogP contribution in [0.1, 0.15) is 18.9 Å². The average Bonchev–Trinajstić information content (AvgIpc) is 3.29. The van der Waals surface area contributed by atoms with Crippen LogP contribution in [0.25, 0.3) is 22.2 Å². The highest BCUT2D eigenvalue weighted by Crippen LogP contribution is 2.36. The first kappa shape index (κ1) is 23.3. The Morgan fingerprint density at radius 1 is 1.09 bits per heavy atom. The van der Waals surface area contributed by atoms with E-state index in [1.807, 2.05) is 35.5 Å². The summed E-state index contributed by atoms with van der Waals surface area (Å²) in [5.74, 6) is 0.157. The lowest BCUT2D eigenvalue weighted by Gasteiger charge is -2.35. The number of aromatic nitrogens is 2. The number of rotatable bonds is 7. The fourth-order valence-corrected chi connectivity index (χ4v) is 5.45. The summed E-state index contributed by atoms with van der Waals surface area (Å²) >= 11 is 6.84. The van der Waals surface area contributed by atoms with Crippen LogP contribution in [0.4, 0.5) is 5.69 Å². The van der Waals surface area contributed by atoms with Gasteiger partial charge in [-0.15, -0.1) is 0 Å². The van der Waals surface area contributed by atoms with Gasteiger partial charge >= 0.3 is 0 Å². The van der Waals surface area contributed by atoms with E-state index >= 15 is 0 Å². The van der Waals surface area contributed by atoms with Crippen molar-refractivity contribution in [2.24, 2.45) is 0 Å². The van der Waals surface area contributed by atoms with Crippen molar-refractivity contribution in [3.63, 3.8) is 0 Å². The van der Waals surface area contributed by atoms with Crippen molar-refractivity contribution in [2.45, 2.75) is 19.8 Å². The highest BCUT2D eigenvalue weighted by molar-refractivity contribution is 6.38. The van der Waals surface area contributed by atoms with E-state index in [1.165, 1.54) is 0 Å². The topological polar surface area (TPSA) is 67.5 Å². The van der Waals surface area contributed by atoms with Gasteiger partial charge in [-0.2, -0.15) is 0 Å². The molecule has 2 saturated heterocycles. The molecular weight excluding hydrogens is 448 g/mol. The van der Waals surface area contributed by atoms with Gasteiger partial charge in [0.05, 0.1) is 11.6 Å². The second-order valence-electron chi connectivity index (χ2n) is 9.19. The maximum absolute atomic E-state index is 13.0. The van der Waals surface area contributed by atoms with E-state index < -0.39 is 0 Å². The van der Waals surface area contributed by atoms with E-state index in [4.69, 9.17) is 11.6 Å². The van der Waals surface area contributed by atoms with Gasteiger partial charge in [0.15, 0.2) is 0 Å². The number of nitrogens with one attached hydrogen (secondary N) is 2. The second-order valence-corrected chi connectivity index (χ2v) is 9.57. The van der Waals surface area contributed by atoms with E-state index in [0.717, 1.165) is 92.1 Å². The van der Waals surface area contributed by atoms with Gasteiger partial charge in [-0.05, 0) is 49.2 Å². The Bertz CT molecular complexity index is 1160. The number of benzene rings is 1. The van der Waals surface area contributed by atoms with Crippen molar-refractivity contribution in [2.75, 3.05) is 63.8 Å². The molecule has 2 N–H and O–H groups in total. The van der Waals surface area contributed by atoms with Crippen molar-refractivity contribution in [1.82, 2.24) is 25.1 Å². The summed E-state index contributed by atoms with van der Waals surface area (Å²) in [4.78, 5) is 27.5. The molecule has 180 valence electrons. The smallest absolute Gasteiger partial charge is 0.241 e. The van der Waals surface area contributed by atoms with Gasteiger partial charge in [0.2, 0.25) is 5.91 Å². The van der Waals surface area contributed by atoms with Gasteiger partial charge in [-0.25, -0.2) is 4.98 Å². The van der Waals surface area contributed by atoms with Crippen molar-refractivity contribution in [1.29, 1.82) is 0 Å². The molecule has 0 unspecified atom stereocenters. The fourth-order valence-electron chi connectivity index (χ4n) is 5.08. The van der Waals surface area contributed by atoms with Crippen molar-refractivity contribution < 1.29 is 4.79 Å². The minimum absolute atomic E-state index is 0.157. The molecule has 1 amide bonds. The van der Waals surface area contributed by atoms with Crippen molar-refractivity contribution >= 4 is 34.2 Å². The number of fused-ring (bicyclic) bond motifs is 1. The maximum atomic E-state index is 13.0. The molecule has 7 nitrogen and oxygen atoms in total. The van der Waals surface area contributed by atoms with E-state index in [-0.39, 0.29) is 5.91 Å². The van der Waals surface area contributed by atoms with Gasteiger partial charge < -0.3 is 20.1 Å². The molecule has 2 aliphatic heterocycles. The standard InChI is InChI=1S/C26H33ClN6O/c1-2-19-16-29-26-24(19)25(27)22(17-30-26)20-5-3-6-21(15-20)33-14-13-32(18-23(33)34)10-4-9-31-11-7-28-8-12-31/h3,5-6,15-17,28H,2,4,7-14,18H2,1H3,(H,29,30). The van der Waals surface area contributed by atoms with Gasteiger partial charge in [0, 0.05) is 68.3 Å². The lowest BCUT2D eigenvalue weighted by atomic mass is 10.0. The van der Waals surface area contributed by atoms with Crippen molar-refractivity contribution in [3.8, 4) is 11.1 Å². The number of pyridine rings is 1. The first-order chi connectivity index (χ1) is 16.6. The summed E-state index contributed by atoms with van der Waals surface area (Å²) in [5.41, 5.74) is 4.76. The Kier molecular flexibility index (Phi) is 7.15. The molecule has 2 aromatic heterocycles. The summed E-state index contributed by atoms with van der Waals surface area (Å²) < 4.78 is 0. The van der Waals surface area contributed by atoms with Gasteiger partial charge in [-0.1, -0.05) is 30.7 Å². The lowest BCUT2D eigenvalue weighted by molar-refractivity contribution is -0.121. The predicted molar refractivity (Wildman–Crippen MR) is 139 cm³/mol. The first-order valence-corrected chi connectivity index (χ1v) is 12.7. The lowest BCUT2D eigenvalue weighted by Crippen LogP contribution is -2.51. The Balaban J connectivity index is 1.25. The number of H-pyrrole nitrogens is 1. The number of hydrogen-bond donors (Lipinski definition) is 2. The number of anilines is 1. The summed E-state index contributed by atoms with van der Waals surface area (Å²) in [5, 5.41) is 5.09. The molecule has 2 aliphatic rings. The number of nitrogens with zero attached hydrogens (tertiary/aromatic N) is 4. The number of aromatic amines is 1. The van der Waals surface area contributed by atoms with E-state index in [1.54, 1.807) is 0 Å². The summed E-state index contributed by atoms with van der Waals surface area (Å²) in [7, 11) is 0. The molecule has 0 aliphatic carbocycles. The van der Waals surface area contributed by atoms with Crippen LogP contribution >= 0.6 is 11.6 Å². The quantitative estimate of drug-likeness (QED) is 0.542. The van der Waals surface area contributed by atoms with Gasteiger partial charge in [0.25, 0.3) is 0 Å².